The molecule has 100 valence electrons. The first-order valence-electron chi connectivity index (χ1n) is 6.17. The lowest BCUT2D eigenvalue weighted by Gasteiger charge is -2.43. The zero-order chi connectivity index (χ0) is 12.5. The Balaban J connectivity index is 1.87. The molecular formula is C12H22O5. The van der Waals surface area contributed by atoms with E-state index in [0.717, 1.165) is 25.7 Å². The van der Waals surface area contributed by atoms with Crippen molar-refractivity contribution in [1.82, 2.24) is 0 Å². The van der Waals surface area contributed by atoms with E-state index < -0.39 is 12.3 Å². The molecule has 2 fully saturated rings. The third-order valence-electron chi connectivity index (χ3n) is 3.72. The van der Waals surface area contributed by atoms with Crippen LogP contribution < -0.4 is 0 Å². The first-order valence-corrected chi connectivity index (χ1v) is 6.17. The molecule has 1 saturated heterocycles. The third kappa shape index (κ3) is 2.98. The quantitative estimate of drug-likeness (QED) is 0.666. The predicted octanol–water partition coefficient (Wildman–Crippen LogP) is 2.76. The maximum atomic E-state index is 5.30. The van der Waals surface area contributed by atoms with E-state index in [0.29, 0.717) is 11.3 Å². The predicted molar refractivity (Wildman–Crippen MR) is 59.3 cm³/mol. The molecule has 17 heavy (non-hydrogen) atoms. The normalized spacial score (nSPS) is 39.5. The lowest BCUT2D eigenvalue weighted by atomic mass is 9.71. The van der Waals surface area contributed by atoms with Gasteiger partial charge in [0.05, 0.1) is 0 Å². The summed E-state index contributed by atoms with van der Waals surface area (Å²) in [5.74, 6) is -0.0583. The number of ether oxygens (including phenoxy) is 1. The van der Waals surface area contributed by atoms with E-state index in [9.17, 15) is 0 Å². The van der Waals surface area contributed by atoms with Crippen molar-refractivity contribution in [2.24, 2.45) is 11.3 Å². The molecule has 0 aromatic carbocycles. The van der Waals surface area contributed by atoms with Crippen molar-refractivity contribution in [3.05, 3.63) is 0 Å². The second kappa shape index (κ2) is 4.82. The van der Waals surface area contributed by atoms with Gasteiger partial charge in [-0.2, -0.15) is 19.6 Å². The second-order valence-electron chi connectivity index (χ2n) is 5.93. The fourth-order valence-corrected chi connectivity index (χ4v) is 2.45. The largest absolute Gasteiger partial charge is 0.330 e. The summed E-state index contributed by atoms with van der Waals surface area (Å²) in [7, 11) is 1.46. The Labute approximate surface area is 102 Å². The number of hydrogen-bond donors (Lipinski definition) is 0. The van der Waals surface area contributed by atoms with Crippen LogP contribution in [-0.4, -0.2) is 19.4 Å². The van der Waals surface area contributed by atoms with Crippen LogP contribution in [0.5, 0.6) is 0 Å². The molecule has 0 atom stereocenters. The Bertz CT molecular complexity index is 242. The van der Waals surface area contributed by atoms with Crippen LogP contribution in [0.4, 0.5) is 0 Å². The van der Waals surface area contributed by atoms with Gasteiger partial charge < -0.3 is 4.74 Å². The Hall–Kier alpha value is -0.200. The van der Waals surface area contributed by atoms with E-state index in [1.54, 1.807) is 0 Å². The molecule has 0 aromatic rings. The molecular weight excluding hydrogens is 224 g/mol. The van der Waals surface area contributed by atoms with Gasteiger partial charge in [0, 0.05) is 20.0 Å². The Kier molecular flexibility index (Phi) is 3.75. The molecule has 5 heteroatoms. The summed E-state index contributed by atoms with van der Waals surface area (Å²) in [4.78, 5) is 20.5. The van der Waals surface area contributed by atoms with Crippen molar-refractivity contribution >= 4 is 0 Å². The van der Waals surface area contributed by atoms with Gasteiger partial charge in [-0.1, -0.05) is 20.8 Å². The van der Waals surface area contributed by atoms with Crippen LogP contribution >= 0.6 is 0 Å². The third-order valence-corrected chi connectivity index (χ3v) is 3.72. The Morgan fingerprint density at radius 3 is 2.00 bits per heavy atom. The van der Waals surface area contributed by atoms with Crippen LogP contribution in [0.3, 0.4) is 0 Å². The molecule has 1 saturated carbocycles. The lowest BCUT2D eigenvalue weighted by Crippen LogP contribution is -2.47. The standard InChI is InChI=1S/C12H22O5/c1-11(2,3)9-5-7-12(8-6-9)16-14-10(13-4)15-17-12/h9-10H,5-8H2,1-4H3. The van der Waals surface area contributed by atoms with Gasteiger partial charge in [0.2, 0.25) is 5.79 Å². The summed E-state index contributed by atoms with van der Waals surface area (Å²) >= 11 is 0. The summed E-state index contributed by atoms with van der Waals surface area (Å²) in [6.07, 6.45) is 3.67. The summed E-state index contributed by atoms with van der Waals surface area (Å²) in [5.41, 5.74) is 0.326. The molecule has 0 aromatic heterocycles. The van der Waals surface area contributed by atoms with E-state index in [1.807, 2.05) is 0 Å². The minimum Gasteiger partial charge on any atom is -0.330 e. The van der Waals surface area contributed by atoms with Crippen molar-refractivity contribution in [3.8, 4) is 0 Å². The fourth-order valence-electron chi connectivity index (χ4n) is 2.45. The van der Waals surface area contributed by atoms with Crippen molar-refractivity contribution < 1.29 is 24.3 Å². The molecule has 2 aliphatic rings. The molecule has 1 heterocycles. The summed E-state index contributed by atoms with van der Waals surface area (Å²) < 4.78 is 4.81. The average molecular weight is 246 g/mol. The van der Waals surface area contributed by atoms with Gasteiger partial charge in [-0.3, -0.25) is 0 Å². The molecule has 1 aliphatic carbocycles. The second-order valence-corrected chi connectivity index (χ2v) is 5.93. The van der Waals surface area contributed by atoms with E-state index in [2.05, 4.69) is 20.8 Å². The highest BCUT2D eigenvalue weighted by atomic mass is 17.4. The number of methoxy groups -OCH3 is 1. The molecule has 2 rings (SSSR count). The molecule has 0 radical (unpaired) electrons. The average Bonchev–Trinajstić information content (AvgIpc) is 2.29. The van der Waals surface area contributed by atoms with E-state index in [1.165, 1.54) is 7.11 Å². The van der Waals surface area contributed by atoms with Crippen molar-refractivity contribution in [3.63, 3.8) is 0 Å². The van der Waals surface area contributed by atoms with Crippen LogP contribution in [0.1, 0.15) is 46.5 Å². The zero-order valence-corrected chi connectivity index (χ0v) is 11.0. The highest BCUT2D eigenvalue weighted by Crippen LogP contribution is 2.44. The number of rotatable bonds is 1. The first kappa shape index (κ1) is 13.2. The smallest absolute Gasteiger partial charge is 0.329 e. The van der Waals surface area contributed by atoms with Crippen molar-refractivity contribution in [2.45, 2.75) is 58.7 Å². The van der Waals surface area contributed by atoms with Crippen LogP contribution in [0.2, 0.25) is 0 Å². The maximum absolute atomic E-state index is 5.30. The maximum Gasteiger partial charge on any atom is 0.329 e. The Morgan fingerprint density at radius 1 is 1.06 bits per heavy atom. The highest BCUT2D eigenvalue weighted by molar-refractivity contribution is 4.84. The zero-order valence-electron chi connectivity index (χ0n) is 11.0. The molecule has 0 amide bonds. The van der Waals surface area contributed by atoms with Gasteiger partial charge in [-0.25, -0.2) is 0 Å². The highest BCUT2D eigenvalue weighted by Gasteiger charge is 2.46. The monoisotopic (exact) mass is 246 g/mol. The van der Waals surface area contributed by atoms with Crippen LogP contribution in [0.15, 0.2) is 0 Å². The minimum absolute atomic E-state index is 0.326. The molecule has 1 spiro atoms. The topological polar surface area (TPSA) is 46.2 Å². The summed E-state index contributed by atoms with van der Waals surface area (Å²) in [6, 6.07) is 0. The van der Waals surface area contributed by atoms with Gasteiger partial charge in [0.1, 0.15) is 0 Å². The minimum atomic E-state index is -0.888. The summed E-state index contributed by atoms with van der Waals surface area (Å²) in [6.45, 7) is 5.92. The van der Waals surface area contributed by atoms with Crippen molar-refractivity contribution in [2.75, 3.05) is 7.11 Å². The van der Waals surface area contributed by atoms with Crippen LogP contribution in [0.25, 0.3) is 0 Å². The molecule has 1 aliphatic heterocycles. The fraction of sp³-hybridized carbons (Fsp3) is 1.00. The van der Waals surface area contributed by atoms with E-state index >= 15 is 0 Å². The molecule has 5 nitrogen and oxygen atoms in total. The number of hydrogen-bond acceptors (Lipinski definition) is 5. The van der Waals surface area contributed by atoms with E-state index in [-0.39, 0.29) is 0 Å². The summed E-state index contributed by atoms with van der Waals surface area (Å²) in [5, 5.41) is 0. The van der Waals surface area contributed by atoms with Gasteiger partial charge in [0.25, 0.3) is 0 Å². The van der Waals surface area contributed by atoms with Crippen molar-refractivity contribution in [1.29, 1.82) is 0 Å². The van der Waals surface area contributed by atoms with Gasteiger partial charge >= 0.3 is 6.48 Å². The molecule has 0 bridgehead atoms. The van der Waals surface area contributed by atoms with Gasteiger partial charge in [-0.15, -0.1) is 0 Å². The molecule has 0 unspecified atom stereocenters. The van der Waals surface area contributed by atoms with E-state index in [4.69, 9.17) is 24.3 Å². The Morgan fingerprint density at radius 2 is 1.59 bits per heavy atom. The SMILES string of the molecule is COC1OOC2(CCC(C(C)(C)C)CC2)OO1. The molecule has 0 N–H and O–H groups in total. The van der Waals surface area contributed by atoms with Gasteiger partial charge in [0.15, 0.2) is 0 Å². The van der Waals surface area contributed by atoms with Crippen LogP contribution in [-0.2, 0) is 24.3 Å². The first-order chi connectivity index (χ1) is 7.95. The van der Waals surface area contributed by atoms with Crippen LogP contribution in [0, 0.1) is 11.3 Å². The van der Waals surface area contributed by atoms with Gasteiger partial charge in [-0.05, 0) is 24.2 Å². The lowest BCUT2D eigenvalue weighted by molar-refractivity contribution is -0.659.